The number of nitrogens with two attached hydrogens (primary N) is 1. The molecule has 0 fully saturated rings. The van der Waals surface area contributed by atoms with Gasteiger partial charge >= 0.3 is 12.1 Å². The van der Waals surface area contributed by atoms with Gasteiger partial charge < -0.3 is 41.8 Å². The van der Waals surface area contributed by atoms with Crippen molar-refractivity contribution in [2.45, 2.75) is 71.1 Å². The van der Waals surface area contributed by atoms with Crippen molar-refractivity contribution in [2.24, 2.45) is 11.7 Å². The summed E-state index contributed by atoms with van der Waals surface area (Å²) in [4.78, 5) is 97.2. The van der Waals surface area contributed by atoms with E-state index < -0.39 is 41.7 Å². The molecule has 0 bridgehead atoms. The molecule has 0 aromatic heterocycles. The number of anilines is 1. The van der Waals surface area contributed by atoms with Crippen molar-refractivity contribution >= 4 is 60.9 Å². The van der Waals surface area contributed by atoms with Crippen molar-refractivity contribution in [3.63, 3.8) is 0 Å². The molecular weight excluding hydrogens is 625 g/mol. The summed E-state index contributed by atoms with van der Waals surface area (Å²) in [7, 11) is 4.97. The fraction of sp³-hybridized carbons (Fsp3) is 0.484. The third-order valence-electron chi connectivity index (χ3n) is 7.05. The fourth-order valence-corrected chi connectivity index (χ4v) is 4.49. The van der Waals surface area contributed by atoms with E-state index in [2.05, 4.69) is 26.6 Å². The van der Waals surface area contributed by atoms with Crippen LogP contribution in [0.15, 0.2) is 36.4 Å². The Morgan fingerprint density at radius 3 is 2.15 bits per heavy atom. The third-order valence-corrected chi connectivity index (χ3v) is 7.05. The SMILES string of the molecule is [B]C(=O)CNC(=O)OCc1ccc(NC(=O)[C@H](CCCNC(N)=O)NC(=O)C(NC(=O)CCCCCN2C(=O)C=CC2=O)C(C)C)cc1. The molecule has 0 spiro atoms. The first-order chi connectivity index (χ1) is 22.8. The number of rotatable bonds is 20. The van der Waals surface area contributed by atoms with Gasteiger partial charge in [0.05, 0.1) is 12.2 Å². The van der Waals surface area contributed by atoms with Crippen molar-refractivity contribution in [3.8, 4) is 0 Å². The quantitative estimate of drug-likeness (QED) is 0.0628. The van der Waals surface area contributed by atoms with E-state index >= 15 is 0 Å². The predicted octanol–water partition coefficient (Wildman–Crippen LogP) is 0.106. The van der Waals surface area contributed by atoms with Gasteiger partial charge in [0.1, 0.15) is 18.7 Å². The molecule has 2 radical (unpaired) electrons. The number of nitrogens with one attached hydrogen (secondary N) is 5. The molecule has 258 valence electrons. The first-order valence-electron chi connectivity index (χ1n) is 15.5. The van der Waals surface area contributed by atoms with Crippen molar-refractivity contribution in [2.75, 3.05) is 25.0 Å². The highest BCUT2D eigenvalue weighted by atomic mass is 16.5. The van der Waals surface area contributed by atoms with Crippen LogP contribution in [0.3, 0.4) is 0 Å². The van der Waals surface area contributed by atoms with Crippen LogP contribution in [0.4, 0.5) is 15.3 Å². The molecule has 17 heteroatoms. The molecule has 0 saturated carbocycles. The van der Waals surface area contributed by atoms with Crippen LogP contribution in [0.2, 0.25) is 0 Å². The van der Waals surface area contributed by atoms with Crippen LogP contribution in [-0.2, 0) is 40.1 Å². The molecule has 1 heterocycles. The monoisotopic (exact) mass is 667 g/mol. The molecule has 48 heavy (non-hydrogen) atoms. The van der Waals surface area contributed by atoms with E-state index in [-0.39, 0.29) is 62.7 Å². The summed E-state index contributed by atoms with van der Waals surface area (Å²) in [5, 5.41) is 12.8. The van der Waals surface area contributed by atoms with Gasteiger partial charge in [-0.1, -0.05) is 32.4 Å². The number of unbranched alkanes of at least 4 members (excludes halogenated alkanes) is 2. The van der Waals surface area contributed by atoms with E-state index in [9.17, 15) is 38.4 Å². The number of carbonyl (C=O) groups is 8. The molecule has 0 aliphatic carbocycles. The Bertz CT molecular complexity index is 1350. The zero-order chi connectivity index (χ0) is 35.6. The van der Waals surface area contributed by atoms with E-state index in [0.717, 1.165) is 4.90 Å². The maximum Gasteiger partial charge on any atom is 0.407 e. The molecule has 2 rings (SSSR count). The highest BCUT2D eigenvalue weighted by Gasteiger charge is 2.29. The number of amides is 8. The molecular formula is C31H42BN7O9. The van der Waals surface area contributed by atoms with Crippen LogP contribution in [0.5, 0.6) is 0 Å². The smallest absolute Gasteiger partial charge is 0.407 e. The summed E-state index contributed by atoms with van der Waals surface area (Å²) in [6, 6.07) is 3.64. The van der Waals surface area contributed by atoms with E-state index in [1.54, 1.807) is 38.1 Å². The number of alkyl carbamates (subject to hydrolysis) is 1. The molecule has 2 atom stereocenters. The number of hydrogen-bond acceptors (Lipinski definition) is 9. The third kappa shape index (κ3) is 14.5. The normalized spacial score (nSPS) is 13.4. The number of nitrogens with zero attached hydrogens (tertiary/aromatic N) is 1. The van der Waals surface area contributed by atoms with Crippen LogP contribution in [-0.4, -0.2) is 91.8 Å². The van der Waals surface area contributed by atoms with Crippen LogP contribution in [0.1, 0.15) is 57.9 Å². The molecule has 0 saturated heterocycles. The van der Waals surface area contributed by atoms with Gasteiger partial charge in [-0.15, -0.1) is 0 Å². The van der Waals surface area contributed by atoms with E-state index in [4.69, 9.17) is 18.3 Å². The Morgan fingerprint density at radius 1 is 0.875 bits per heavy atom. The minimum atomic E-state index is -1.03. The predicted molar refractivity (Wildman–Crippen MR) is 174 cm³/mol. The summed E-state index contributed by atoms with van der Waals surface area (Å²) in [6.45, 7) is 3.46. The second kappa shape index (κ2) is 20.1. The highest BCUT2D eigenvalue weighted by molar-refractivity contribution is 6.58. The molecule has 8 amide bonds. The minimum Gasteiger partial charge on any atom is -0.445 e. The van der Waals surface area contributed by atoms with Crippen LogP contribution < -0.4 is 32.3 Å². The number of hydrogen-bond donors (Lipinski definition) is 6. The molecule has 16 nitrogen and oxygen atoms in total. The van der Waals surface area contributed by atoms with E-state index in [1.807, 2.05) is 0 Å². The first kappa shape index (κ1) is 39.0. The molecule has 7 N–H and O–H groups in total. The fourth-order valence-electron chi connectivity index (χ4n) is 4.49. The lowest BCUT2D eigenvalue weighted by atomic mass is 10.0. The molecule has 1 unspecified atom stereocenters. The first-order valence-corrected chi connectivity index (χ1v) is 15.5. The number of ether oxygens (including phenoxy) is 1. The summed E-state index contributed by atoms with van der Waals surface area (Å²) in [5.74, 6) is -2.50. The largest absolute Gasteiger partial charge is 0.445 e. The number of carbonyl (C=O) groups excluding carboxylic acids is 8. The minimum absolute atomic E-state index is 0.106. The summed E-state index contributed by atoms with van der Waals surface area (Å²) < 4.78 is 4.99. The Hall–Kier alpha value is -5.22. The van der Waals surface area contributed by atoms with Gasteiger partial charge in [0.25, 0.3) is 11.8 Å². The second-order valence-corrected chi connectivity index (χ2v) is 11.3. The Morgan fingerprint density at radius 2 is 1.54 bits per heavy atom. The van der Waals surface area contributed by atoms with Gasteiger partial charge in [-0.3, -0.25) is 28.9 Å². The number of imide groups is 1. The average Bonchev–Trinajstić information content (AvgIpc) is 3.35. The number of urea groups is 1. The number of benzene rings is 1. The summed E-state index contributed by atoms with van der Waals surface area (Å²) in [6.07, 6.45) is 3.78. The van der Waals surface area contributed by atoms with Crippen LogP contribution >= 0.6 is 0 Å². The van der Waals surface area contributed by atoms with Crippen molar-refractivity contribution < 1.29 is 43.1 Å². The lowest BCUT2D eigenvalue weighted by Gasteiger charge is -2.25. The maximum absolute atomic E-state index is 13.3. The van der Waals surface area contributed by atoms with E-state index in [1.165, 1.54) is 12.2 Å². The van der Waals surface area contributed by atoms with Crippen molar-refractivity contribution in [1.29, 1.82) is 0 Å². The Balaban J connectivity index is 1.93. The molecule has 1 aromatic carbocycles. The lowest BCUT2D eigenvalue weighted by molar-refractivity contribution is -0.137. The molecule has 1 aromatic rings. The standard InChI is InChI=1S/C31H42BN7O9/c1-19(2)27(38-24(41)8-4-3-5-16-39-25(42)13-14-26(39)43)29(45)37-22(7-6-15-34-30(33)46)28(44)36-21-11-9-20(10-12-21)18-48-31(47)35-17-23(32)40/h9-14,19,22,27H,3-8,15-18H2,1-2H3,(H,35,47)(H,36,44)(H,37,45)(H,38,41)(H3,33,34,46)/t22-,27?/m0/s1. The average molecular weight is 668 g/mol. The van der Waals surface area contributed by atoms with Crippen LogP contribution in [0.25, 0.3) is 0 Å². The lowest BCUT2D eigenvalue weighted by Crippen LogP contribution is -2.54. The topological polar surface area (TPSA) is 235 Å². The van der Waals surface area contributed by atoms with E-state index in [0.29, 0.717) is 36.9 Å². The maximum atomic E-state index is 13.3. The van der Waals surface area contributed by atoms with Gasteiger partial charge in [-0.05, 0) is 49.3 Å². The van der Waals surface area contributed by atoms with Gasteiger partial charge in [-0.25, -0.2) is 9.59 Å². The molecule has 1 aliphatic heterocycles. The molecule has 1 aliphatic rings. The highest BCUT2D eigenvalue weighted by Crippen LogP contribution is 2.13. The summed E-state index contributed by atoms with van der Waals surface area (Å²) >= 11 is 0. The van der Waals surface area contributed by atoms with Gasteiger partial charge in [0.15, 0.2) is 7.85 Å². The zero-order valence-corrected chi connectivity index (χ0v) is 27.0. The van der Waals surface area contributed by atoms with Gasteiger partial charge in [0.2, 0.25) is 17.7 Å². The van der Waals surface area contributed by atoms with Crippen molar-refractivity contribution in [1.82, 2.24) is 26.2 Å². The second-order valence-electron chi connectivity index (χ2n) is 11.3. The van der Waals surface area contributed by atoms with Crippen LogP contribution in [0, 0.1) is 5.92 Å². The van der Waals surface area contributed by atoms with Gasteiger partial charge in [0, 0.05) is 37.3 Å². The number of primary amides is 1. The Labute approximate surface area is 279 Å². The Kier molecular flexibility index (Phi) is 16.3. The van der Waals surface area contributed by atoms with Gasteiger partial charge in [-0.2, -0.15) is 0 Å². The summed E-state index contributed by atoms with van der Waals surface area (Å²) in [5.41, 5.74) is 5.38. The zero-order valence-electron chi connectivity index (χ0n) is 27.0. The van der Waals surface area contributed by atoms with Crippen molar-refractivity contribution in [3.05, 3.63) is 42.0 Å².